The van der Waals surface area contributed by atoms with Crippen LogP contribution in [0.2, 0.25) is 0 Å². The smallest absolute Gasteiger partial charge is 0.145 e. The van der Waals surface area contributed by atoms with Gasteiger partial charge >= 0.3 is 0 Å². The van der Waals surface area contributed by atoms with E-state index in [-0.39, 0.29) is 0 Å². The van der Waals surface area contributed by atoms with Gasteiger partial charge in [-0.1, -0.05) is 18.2 Å². The lowest BCUT2D eigenvalue weighted by Gasteiger charge is -2.06. The van der Waals surface area contributed by atoms with Crippen molar-refractivity contribution in [3.05, 3.63) is 67.4 Å². The van der Waals surface area contributed by atoms with Crippen LogP contribution >= 0.6 is 0 Å². The third-order valence-corrected chi connectivity index (χ3v) is 2.47. The second-order valence-electron chi connectivity index (χ2n) is 3.74. The molecule has 0 aliphatic rings. The van der Waals surface area contributed by atoms with E-state index in [1.807, 2.05) is 53.2 Å². The van der Waals surface area contributed by atoms with E-state index < -0.39 is 0 Å². The van der Waals surface area contributed by atoms with Crippen LogP contribution in [0, 0.1) is 0 Å². The standard InChI is InChI=1S/C14H11N3O/c1-2-4-12(5-3-1)18-13-6-7-14(16-10-13)17-9-8-15-11-17/h1-11H. The molecule has 88 valence electrons. The quantitative estimate of drug-likeness (QED) is 0.702. The Hall–Kier alpha value is -2.62. The fourth-order valence-electron chi connectivity index (χ4n) is 1.60. The summed E-state index contributed by atoms with van der Waals surface area (Å²) in [6, 6.07) is 13.4. The molecule has 0 unspecified atom stereocenters. The molecular weight excluding hydrogens is 226 g/mol. The number of pyridine rings is 1. The van der Waals surface area contributed by atoms with Crippen molar-refractivity contribution in [1.29, 1.82) is 0 Å². The molecule has 3 rings (SSSR count). The Morgan fingerprint density at radius 2 is 1.83 bits per heavy atom. The summed E-state index contributed by atoms with van der Waals surface area (Å²) in [5, 5.41) is 0. The monoisotopic (exact) mass is 237 g/mol. The van der Waals surface area contributed by atoms with Gasteiger partial charge in [-0.3, -0.25) is 4.57 Å². The number of hydrogen-bond acceptors (Lipinski definition) is 3. The van der Waals surface area contributed by atoms with Crippen molar-refractivity contribution in [2.45, 2.75) is 0 Å². The second-order valence-corrected chi connectivity index (χ2v) is 3.74. The first-order valence-corrected chi connectivity index (χ1v) is 5.59. The van der Waals surface area contributed by atoms with E-state index in [1.54, 1.807) is 18.7 Å². The van der Waals surface area contributed by atoms with Gasteiger partial charge in [0.05, 0.1) is 6.20 Å². The fraction of sp³-hybridized carbons (Fsp3) is 0. The molecule has 0 N–H and O–H groups in total. The molecule has 0 bridgehead atoms. The van der Waals surface area contributed by atoms with Crippen molar-refractivity contribution >= 4 is 0 Å². The lowest BCUT2D eigenvalue weighted by atomic mass is 10.3. The molecular formula is C14H11N3O. The van der Waals surface area contributed by atoms with Crippen molar-refractivity contribution in [2.24, 2.45) is 0 Å². The number of benzene rings is 1. The minimum Gasteiger partial charge on any atom is -0.456 e. The number of nitrogens with zero attached hydrogens (tertiary/aromatic N) is 3. The summed E-state index contributed by atoms with van der Waals surface area (Å²) in [5.74, 6) is 2.33. The van der Waals surface area contributed by atoms with E-state index >= 15 is 0 Å². The van der Waals surface area contributed by atoms with E-state index in [9.17, 15) is 0 Å². The van der Waals surface area contributed by atoms with Gasteiger partial charge in [-0.05, 0) is 24.3 Å². The van der Waals surface area contributed by atoms with Crippen LogP contribution in [-0.4, -0.2) is 14.5 Å². The maximum Gasteiger partial charge on any atom is 0.145 e. The maximum absolute atomic E-state index is 5.66. The van der Waals surface area contributed by atoms with E-state index in [1.165, 1.54) is 0 Å². The van der Waals surface area contributed by atoms with Crippen LogP contribution in [-0.2, 0) is 0 Å². The average molecular weight is 237 g/mol. The third-order valence-electron chi connectivity index (χ3n) is 2.47. The molecule has 0 spiro atoms. The highest BCUT2D eigenvalue weighted by molar-refractivity contribution is 5.32. The average Bonchev–Trinajstić information content (AvgIpc) is 2.95. The van der Waals surface area contributed by atoms with Crippen LogP contribution in [0.5, 0.6) is 11.5 Å². The van der Waals surface area contributed by atoms with Crippen molar-refractivity contribution < 1.29 is 4.74 Å². The number of ether oxygens (including phenoxy) is 1. The minimum atomic E-state index is 0.713. The third kappa shape index (κ3) is 2.22. The molecule has 0 saturated heterocycles. The number of hydrogen-bond donors (Lipinski definition) is 0. The zero-order valence-corrected chi connectivity index (χ0v) is 9.60. The summed E-state index contributed by atoms with van der Waals surface area (Å²) in [5.41, 5.74) is 0. The number of imidazole rings is 1. The van der Waals surface area contributed by atoms with Gasteiger partial charge in [0.2, 0.25) is 0 Å². The zero-order chi connectivity index (χ0) is 12.2. The van der Waals surface area contributed by atoms with Gasteiger partial charge in [-0.2, -0.15) is 0 Å². The summed E-state index contributed by atoms with van der Waals surface area (Å²) in [7, 11) is 0. The van der Waals surface area contributed by atoms with Gasteiger partial charge in [0.25, 0.3) is 0 Å². The molecule has 1 aromatic carbocycles. The molecule has 4 heteroatoms. The lowest BCUT2D eigenvalue weighted by molar-refractivity contribution is 0.480. The molecule has 0 aliphatic carbocycles. The largest absolute Gasteiger partial charge is 0.456 e. The Labute approximate surface area is 105 Å². The normalized spacial score (nSPS) is 10.2. The Morgan fingerprint density at radius 3 is 2.50 bits per heavy atom. The molecule has 0 fully saturated rings. The van der Waals surface area contributed by atoms with Gasteiger partial charge in [0, 0.05) is 12.4 Å². The first-order valence-electron chi connectivity index (χ1n) is 5.59. The molecule has 3 aromatic rings. The predicted octanol–water partition coefficient (Wildman–Crippen LogP) is 3.06. The SMILES string of the molecule is c1ccc(Oc2ccc(-n3ccnc3)nc2)cc1. The number of rotatable bonds is 3. The molecule has 0 radical (unpaired) electrons. The van der Waals surface area contributed by atoms with E-state index in [2.05, 4.69) is 9.97 Å². The maximum atomic E-state index is 5.66. The molecule has 4 nitrogen and oxygen atoms in total. The highest BCUT2D eigenvalue weighted by Gasteiger charge is 1.99. The molecule has 0 saturated carbocycles. The molecule has 0 amide bonds. The molecule has 2 aromatic heterocycles. The first-order chi connectivity index (χ1) is 8.92. The van der Waals surface area contributed by atoms with E-state index in [4.69, 9.17) is 4.74 Å². The van der Waals surface area contributed by atoms with Crippen LogP contribution in [0.15, 0.2) is 67.4 Å². The number of para-hydroxylation sites is 1. The van der Waals surface area contributed by atoms with Gasteiger partial charge in [-0.15, -0.1) is 0 Å². The van der Waals surface area contributed by atoms with Crippen LogP contribution in [0.1, 0.15) is 0 Å². The van der Waals surface area contributed by atoms with Crippen molar-refractivity contribution in [3.63, 3.8) is 0 Å². The predicted molar refractivity (Wildman–Crippen MR) is 67.9 cm³/mol. The first kappa shape index (κ1) is 10.5. The lowest BCUT2D eigenvalue weighted by Crippen LogP contribution is -1.94. The van der Waals surface area contributed by atoms with Gasteiger partial charge in [0.1, 0.15) is 23.6 Å². The Bertz CT molecular complexity index is 603. The summed E-state index contributed by atoms with van der Waals surface area (Å²) < 4.78 is 7.50. The van der Waals surface area contributed by atoms with Crippen molar-refractivity contribution in [3.8, 4) is 17.3 Å². The van der Waals surface area contributed by atoms with Crippen LogP contribution in [0.4, 0.5) is 0 Å². The van der Waals surface area contributed by atoms with Crippen molar-refractivity contribution in [1.82, 2.24) is 14.5 Å². The minimum absolute atomic E-state index is 0.713. The van der Waals surface area contributed by atoms with Crippen LogP contribution in [0.3, 0.4) is 0 Å². The summed E-state index contributed by atoms with van der Waals surface area (Å²) in [4.78, 5) is 8.30. The second kappa shape index (κ2) is 4.71. The van der Waals surface area contributed by atoms with Gasteiger partial charge < -0.3 is 4.74 Å². The Kier molecular flexibility index (Phi) is 2.75. The topological polar surface area (TPSA) is 39.9 Å². The van der Waals surface area contributed by atoms with E-state index in [0.717, 1.165) is 11.6 Å². The highest BCUT2D eigenvalue weighted by atomic mass is 16.5. The molecule has 2 heterocycles. The van der Waals surface area contributed by atoms with Crippen molar-refractivity contribution in [2.75, 3.05) is 0 Å². The summed E-state index contributed by atoms with van der Waals surface area (Å²) in [6.07, 6.45) is 6.97. The van der Waals surface area contributed by atoms with Crippen LogP contribution in [0.25, 0.3) is 5.82 Å². The highest BCUT2D eigenvalue weighted by Crippen LogP contribution is 2.20. The zero-order valence-electron chi connectivity index (χ0n) is 9.60. The molecule has 18 heavy (non-hydrogen) atoms. The molecule has 0 aliphatic heterocycles. The Morgan fingerprint density at radius 1 is 0.944 bits per heavy atom. The molecule has 0 atom stereocenters. The van der Waals surface area contributed by atoms with Gasteiger partial charge in [0.15, 0.2) is 0 Å². The van der Waals surface area contributed by atoms with Crippen LogP contribution < -0.4 is 4.74 Å². The Balaban J connectivity index is 1.80. The summed E-state index contributed by atoms with van der Waals surface area (Å²) in [6.45, 7) is 0. The number of aromatic nitrogens is 3. The van der Waals surface area contributed by atoms with Gasteiger partial charge in [-0.25, -0.2) is 9.97 Å². The summed E-state index contributed by atoms with van der Waals surface area (Å²) >= 11 is 0. The fourth-order valence-corrected chi connectivity index (χ4v) is 1.60. The van der Waals surface area contributed by atoms with E-state index in [0.29, 0.717) is 5.75 Å².